The van der Waals surface area contributed by atoms with E-state index in [9.17, 15) is 8.42 Å². The zero-order valence-corrected chi connectivity index (χ0v) is 14.6. The van der Waals surface area contributed by atoms with Gasteiger partial charge in [0, 0.05) is 30.4 Å². The second kappa shape index (κ2) is 6.57. The van der Waals surface area contributed by atoms with E-state index in [4.69, 9.17) is 0 Å². The molecule has 2 atom stereocenters. The highest BCUT2D eigenvalue weighted by Gasteiger charge is 2.35. The number of aromatic nitrogens is 1. The monoisotopic (exact) mass is 332 g/mol. The van der Waals surface area contributed by atoms with E-state index in [1.807, 2.05) is 25.4 Å². The van der Waals surface area contributed by atoms with Gasteiger partial charge in [0.1, 0.15) is 0 Å². The Morgan fingerprint density at radius 3 is 2.70 bits per heavy atom. The summed E-state index contributed by atoms with van der Waals surface area (Å²) in [4.78, 5) is 6.70. The van der Waals surface area contributed by atoms with Crippen molar-refractivity contribution in [3.05, 3.63) is 42.1 Å². The highest BCUT2D eigenvalue weighted by molar-refractivity contribution is 7.91. The van der Waals surface area contributed by atoms with E-state index in [1.165, 1.54) is 6.26 Å². The molecule has 0 unspecified atom stereocenters. The molecule has 1 aliphatic carbocycles. The molecular formula is C18H24N2O2S. The van der Waals surface area contributed by atoms with Gasteiger partial charge >= 0.3 is 0 Å². The highest BCUT2D eigenvalue weighted by Crippen LogP contribution is 2.29. The Morgan fingerprint density at radius 1 is 1.17 bits per heavy atom. The molecule has 0 amide bonds. The van der Waals surface area contributed by atoms with E-state index in [0.29, 0.717) is 0 Å². The first kappa shape index (κ1) is 16.4. The smallest absolute Gasteiger partial charge is 0.151 e. The zero-order valence-electron chi connectivity index (χ0n) is 13.8. The van der Waals surface area contributed by atoms with Crippen molar-refractivity contribution in [1.82, 2.24) is 9.88 Å². The van der Waals surface area contributed by atoms with Gasteiger partial charge < -0.3 is 0 Å². The molecule has 0 N–H and O–H groups in total. The van der Waals surface area contributed by atoms with Crippen molar-refractivity contribution in [1.29, 1.82) is 0 Å². The van der Waals surface area contributed by atoms with Crippen LogP contribution < -0.4 is 0 Å². The first-order valence-electron chi connectivity index (χ1n) is 8.18. The lowest BCUT2D eigenvalue weighted by Crippen LogP contribution is -2.46. The van der Waals surface area contributed by atoms with Gasteiger partial charge in [-0.15, -0.1) is 0 Å². The predicted molar refractivity (Wildman–Crippen MR) is 94.1 cm³/mol. The van der Waals surface area contributed by atoms with Gasteiger partial charge in [0.25, 0.3) is 0 Å². The zero-order chi connectivity index (χ0) is 16.4. The lowest BCUT2D eigenvalue weighted by molar-refractivity contribution is 0.187. The van der Waals surface area contributed by atoms with E-state index in [2.05, 4.69) is 28.1 Å². The van der Waals surface area contributed by atoms with E-state index >= 15 is 0 Å². The fraction of sp³-hybridized carbons (Fsp3) is 0.500. The Hall–Kier alpha value is -1.46. The molecule has 0 radical (unpaired) electrons. The Bertz CT molecular complexity index is 783. The van der Waals surface area contributed by atoms with Crippen LogP contribution in [0.1, 0.15) is 31.2 Å². The summed E-state index contributed by atoms with van der Waals surface area (Å²) in [5, 5.41) is 0.880. The molecule has 1 aromatic carbocycles. The highest BCUT2D eigenvalue weighted by atomic mass is 32.2. The molecule has 1 aliphatic rings. The third-order valence-corrected chi connectivity index (χ3v) is 6.57. The van der Waals surface area contributed by atoms with Gasteiger partial charge in [-0.3, -0.25) is 9.88 Å². The molecular weight excluding hydrogens is 308 g/mol. The SMILES string of the molecule is CN(Cc1cccc2cccnc12)[C@@H]1CCCC[C@H]1S(C)(=O)=O. The van der Waals surface area contributed by atoms with Crippen molar-refractivity contribution in [2.45, 2.75) is 43.5 Å². The number of hydrogen-bond acceptors (Lipinski definition) is 4. The van der Waals surface area contributed by atoms with E-state index in [0.717, 1.165) is 48.7 Å². The Labute approximate surface area is 138 Å². The molecule has 0 aliphatic heterocycles. The lowest BCUT2D eigenvalue weighted by Gasteiger charge is -2.37. The number of benzene rings is 1. The molecule has 0 saturated heterocycles. The van der Waals surface area contributed by atoms with Crippen LogP contribution >= 0.6 is 0 Å². The summed E-state index contributed by atoms with van der Waals surface area (Å²) in [5.41, 5.74) is 2.16. The number of hydrogen-bond donors (Lipinski definition) is 0. The number of para-hydroxylation sites is 1. The van der Waals surface area contributed by atoms with Crippen molar-refractivity contribution in [3.8, 4) is 0 Å². The number of pyridine rings is 1. The van der Waals surface area contributed by atoms with E-state index in [-0.39, 0.29) is 11.3 Å². The minimum absolute atomic E-state index is 0.0951. The van der Waals surface area contributed by atoms with E-state index < -0.39 is 9.84 Å². The van der Waals surface area contributed by atoms with Crippen LogP contribution in [0.5, 0.6) is 0 Å². The molecule has 1 aromatic heterocycles. The minimum atomic E-state index is -3.01. The lowest BCUT2D eigenvalue weighted by atomic mass is 9.93. The van der Waals surface area contributed by atoms with Crippen LogP contribution in [0.25, 0.3) is 10.9 Å². The molecule has 1 fully saturated rings. The van der Waals surface area contributed by atoms with Crippen molar-refractivity contribution in [2.24, 2.45) is 0 Å². The molecule has 0 spiro atoms. The van der Waals surface area contributed by atoms with Gasteiger partial charge in [-0.1, -0.05) is 37.1 Å². The molecule has 4 nitrogen and oxygen atoms in total. The molecule has 3 rings (SSSR count). The summed E-state index contributed by atoms with van der Waals surface area (Å²) in [6, 6.07) is 10.3. The third-order valence-electron chi connectivity index (χ3n) is 4.92. The number of sulfone groups is 1. The summed E-state index contributed by atoms with van der Waals surface area (Å²) in [7, 11) is -0.975. The summed E-state index contributed by atoms with van der Waals surface area (Å²) in [6.45, 7) is 0.727. The Kier molecular flexibility index (Phi) is 4.69. The largest absolute Gasteiger partial charge is 0.298 e. The number of nitrogens with zero attached hydrogens (tertiary/aromatic N) is 2. The second-order valence-corrected chi connectivity index (χ2v) is 8.89. The Morgan fingerprint density at radius 2 is 1.91 bits per heavy atom. The fourth-order valence-corrected chi connectivity index (χ4v) is 5.27. The van der Waals surface area contributed by atoms with Crippen molar-refractivity contribution in [3.63, 3.8) is 0 Å². The second-order valence-electron chi connectivity index (χ2n) is 6.63. The molecule has 5 heteroatoms. The first-order chi connectivity index (χ1) is 11.0. The third kappa shape index (κ3) is 3.56. The van der Waals surface area contributed by atoms with Gasteiger partial charge in [-0.05, 0) is 31.5 Å². The maximum absolute atomic E-state index is 12.1. The van der Waals surface area contributed by atoms with E-state index in [1.54, 1.807) is 0 Å². The fourth-order valence-electron chi connectivity index (χ4n) is 3.76. The van der Waals surface area contributed by atoms with Crippen LogP contribution in [0.15, 0.2) is 36.5 Å². The Balaban J connectivity index is 1.86. The van der Waals surface area contributed by atoms with Crippen LogP contribution in [0.2, 0.25) is 0 Å². The predicted octanol–water partition coefficient (Wildman–Crippen LogP) is 3.02. The van der Waals surface area contributed by atoms with Crippen LogP contribution in [-0.4, -0.2) is 42.9 Å². The normalized spacial score (nSPS) is 22.6. The van der Waals surface area contributed by atoms with Crippen LogP contribution in [0.4, 0.5) is 0 Å². The van der Waals surface area contributed by atoms with Gasteiger partial charge in [-0.2, -0.15) is 0 Å². The molecule has 0 bridgehead atoms. The minimum Gasteiger partial charge on any atom is -0.298 e. The quantitative estimate of drug-likeness (QED) is 0.863. The summed E-state index contributed by atoms with van der Waals surface area (Å²) in [6.07, 6.45) is 7.04. The van der Waals surface area contributed by atoms with Gasteiger partial charge in [0.05, 0.1) is 10.8 Å². The molecule has 124 valence electrons. The summed E-state index contributed by atoms with van der Waals surface area (Å²) >= 11 is 0. The average molecular weight is 332 g/mol. The summed E-state index contributed by atoms with van der Waals surface area (Å²) in [5.74, 6) is 0. The maximum atomic E-state index is 12.1. The number of rotatable bonds is 4. The molecule has 1 saturated carbocycles. The molecule has 1 heterocycles. The molecule has 23 heavy (non-hydrogen) atoms. The van der Waals surface area contributed by atoms with Gasteiger partial charge in [0.2, 0.25) is 0 Å². The van der Waals surface area contributed by atoms with Crippen molar-refractivity contribution < 1.29 is 8.42 Å². The topological polar surface area (TPSA) is 50.3 Å². The number of fused-ring (bicyclic) bond motifs is 1. The maximum Gasteiger partial charge on any atom is 0.151 e. The molecule has 2 aromatic rings. The van der Waals surface area contributed by atoms with Crippen molar-refractivity contribution >= 4 is 20.7 Å². The standard InChI is InChI=1S/C18H24N2O2S/c1-20(16-10-3-4-11-17(16)23(2,21)22)13-15-8-5-7-14-9-6-12-19-18(14)15/h5-9,12,16-17H,3-4,10-11,13H2,1-2H3/t16-,17-/m1/s1. The van der Waals surface area contributed by atoms with Crippen LogP contribution in [-0.2, 0) is 16.4 Å². The van der Waals surface area contributed by atoms with Gasteiger partial charge in [-0.25, -0.2) is 8.42 Å². The van der Waals surface area contributed by atoms with Gasteiger partial charge in [0.15, 0.2) is 9.84 Å². The average Bonchev–Trinajstić information content (AvgIpc) is 2.54. The first-order valence-corrected chi connectivity index (χ1v) is 10.1. The van der Waals surface area contributed by atoms with Crippen LogP contribution in [0.3, 0.4) is 0 Å². The summed E-state index contributed by atoms with van der Waals surface area (Å²) < 4.78 is 24.3. The van der Waals surface area contributed by atoms with Crippen LogP contribution in [0, 0.1) is 0 Å². The van der Waals surface area contributed by atoms with Crippen molar-refractivity contribution in [2.75, 3.05) is 13.3 Å².